The molecule has 0 saturated heterocycles. The molecule has 1 aliphatic carbocycles. The van der Waals surface area contributed by atoms with Crippen LogP contribution in [0.1, 0.15) is 44.6 Å². The van der Waals surface area contributed by atoms with Crippen molar-refractivity contribution >= 4 is 22.0 Å². The lowest BCUT2D eigenvalue weighted by atomic mass is 9.83. The van der Waals surface area contributed by atoms with Gasteiger partial charge in [-0.2, -0.15) is 0 Å². The SMILES string of the molecule is CCNC/C(=C/c1ccc(F)cc1Br)C1CCCCC1. The zero-order valence-electron chi connectivity index (χ0n) is 12.1. The maximum absolute atomic E-state index is 13.2. The minimum Gasteiger partial charge on any atom is -0.313 e. The second-order valence-corrected chi connectivity index (χ2v) is 6.35. The number of halogens is 2. The van der Waals surface area contributed by atoms with Crippen LogP contribution in [0.15, 0.2) is 28.2 Å². The summed E-state index contributed by atoms with van der Waals surface area (Å²) in [6.07, 6.45) is 8.84. The van der Waals surface area contributed by atoms with E-state index in [-0.39, 0.29) is 5.82 Å². The van der Waals surface area contributed by atoms with Crippen molar-refractivity contribution in [2.45, 2.75) is 39.0 Å². The number of hydrogen-bond donors (Lipinski definition) is 1. The lowest BCUT2D eigenvalue weighted by Gasteiger charge is -2.25. The predicted octanol–water partition coefficient (Wildman–Crippen LogP) is 5.16. The van der Waals surface area contributed by atoms with Crippen molar-refractivity contribution in [2.24, 2.45) is 5.92 Å². The van der Waals surface area contributed by atoms with E-state index in [9.17, 15) is 4.39 Å². The van der Waals surface area contributed by atoms with Crippen LogP contribution < -0.4 is 5.32 Å². The third-order valence-electron chi connectivity index (χ3n) is 4.01. The third-order valence-corrected chi connectivity index (χ3v) is 4.70. The summed E-state index contributed by atoms with van der Waals surface area (Å²) in [7, 11) is 0. The number of rotatable bonds is 5. The van der Waals surface area contributed by atoms with Crippen LogP contribution in [0.3, 0.4) is 0 Å². The highest BCUT2D eigenvalue weighted by Gasteiger charge is 2.17. The van der Waals surface area contributed by atoms with Gasteiger partial charge in [0, 0.05) is 11.0 Å². The normalized spacial score (nSPS) is 17.4. The molecule has 1 saturated carbocycles. The van der Waals surface area contributed by atoms with Crippen molar-refractivity contribution in [2.75, 3.05) is 13.1 Å². The molecule has 0 radical (unpaired) electrons. The Hall–Kier alpha value is -0.670. The molecule has 0 bridgehead atoms. The van der Waals surface area contributed by atoms with E-state index in [4.69, 9.17) is 0 Å². The quantitative estimate of drug-likeness (QED) is 0.781. The molecule has 1 aliphatic rings. The van der Waals surface area contributed by atoms with Crippen LogP contribution in [0.25, 0.3) is 6.08 Å². The molecular formula is C17H23BrFN. The topological polar surface area (TPSA) is 12.0 Å². The summed E-state index contributed by atoms with van der Waals surface area (Å²) in [5.41, 5.74) is 2.53. The molecule has 1 N–H and O–H groups in total. The highest BCUT2D eigenvalue weighted by atomic mass is 79.9. The summed E-state index contributed by atoms with van der Waals surface area (Å²) in [6, 6.07) is 4.92. The van der Waals surface area contributed by atoms with Crippen molar-refractivity contribution < 1.29 is 4.39 Å². The Morgan fingerprint density at radius 1 is 1.35 bits per heavy atom. The summed E-state index contributed by atoms with van der Waals surface area (Å²) in [6.45, 7) is 4.05. The Morgan fingerprint density at radius 3 is 2.75 bits per heavy atom. The van der Waals surface area contributed by atoms with E-state index in [0.717, 1.165) is 23.1 Å². The number of benzene rings is 1. The van der Waals surface area contributed by atoms with Crippen molar-refractivity contribution in [3.63, 3.8) is 0 Å². The minimum atomic E-state index is -0.195. The molecule has 2 rings (SSSR count). The zero-order valence-corrected chi connectivity index (χ0v) is 13.7. The zero-order chi connectivity index (χ0) is 14.4. The van der Waals surface area contributed by atoms with E-state index >= 15 is 0 Å². The molecule has 0 spiro atoms. The molecule has 1 aromatic rings. The van der Waals surface area contributed by atoms with Gasteiger partial charge in [-0.3, -0.25) is 0 Å². The Kier molecular flexibility index (Phi) is 6.24. The molecule has 0 amide bonds. The van der Waals surface area contributed by atoms with Crippen molar-refractivity contribution in [1.29, 1.82) is 0 Å². The number of nitrogens with one attached hydrogen (secondary N) is 1. The highest BCUT2D eigenvalue weighted by Crippen LogP contribution is 2.31. The molecule has 0 aromatic heterocycles. The van der Waals surface area contributed by atoms with Gasteiger partial charge in [-0.15, -0.1) is 0 Å². The van der Waals surface area contributed by atoms with Crippen LogP contribution in [0.5, 0.6) is 0 Å². The fraction of sp³-hybridized carbons (Fsp3) is 0.529. The molecule has 3 heteroatoms. The first-order valence-electron chi connectivity index (χ1n) is 7.57. The average molecular weight is 340 g/mol. The Morgan fingerprint density at radius 2 is 2.10 bits per heavy atom. The molecule has 1 nitrogen and oxygen atoms in total. The van der Waals surface area contributed by atoms with Gasteiger partial charge in [0.25, 0.3) is 0 Å². The summed E-state index contributed by atoms with van der Waals surface area (Å²) in [4.78, 5) is 0. The molecule has 110 valence electrons. The molecule has 0 heterocycles. The van der Waals surface area contributed by atoms with Gasteiger partial charge < -0.3 is 5.32 Å². The molecule has 20 heavy (non-hydrogen) atoms. The third kappa shape index (κ3) is 4.42. The van der Waals surface area contributed by atoms with Gasteiger partial charge in [-0.1, -0.05) is 59.8 Å². The summed E-state index contributed by atoms with van der Waals surface area (Å²) in [5, 5.41) is 3.44. The minimum absolute atomic E-state index is 0.195. The van der Waals surface area contributed by atoms with Gasteiger partial charge in [-0.25, -0.2) is 4.39 Å². The Bertz CT molecular complexity index is 464. The molecular weight excluding hydrogens is 317 g/mol. The van der Waals surface area contributed by atoms with Crippen LogP contribution in [0.2, 0.25) is 0 Å². The summed E-state index contributed by atoms with van der Waals surface area (Å²) < 4.78 is 14.0. The molecule has 0 atom stereocenters. The van der Waals surface area contributed by atoms with Crippen molar-refractivity contribution in [3.8, 4) is 0 Å². The average Bonchev–Trinajstić information content (AvgIpc) is 2.46. The van der Waals surface area contributed by atoms with E-state index in [1.54, 1.807) is 0 Å². The van der Waals surface area contributed by atoms with Crippen molar-refractivity contribution in [1.82, 2.24) is 5.32 Å². The van der Waals surface area contributed by atoms with Gasteiger partial charge in [0.2, 0.25) is 0 Å². The van der Waals surface area contributed by atoms with Gasteiger partial charge in [0.15, 0.2) is 0 Å². The second-order valence-electron chi connectivity index (χ2n) is 5.50. The van der Waals surface area contributed by atoms with E-state index in [0.29, 0.717) is 5.92 Å². The maximum atomic E-state index is 13.2. The van der Waals surface area contributed by atoms with E-state index < -0.39 is 0 Å². The first-order valence-corrected chi connectivity index (χ1v) is 8.36. The summed E-state index contributed by atoms with van der Waals surface area (Å²) >= 11 is 3.46. The maximum Gasteiger partial charge on any atom is 0.124 e. The van der Waals surface area contributed by atoms with Gasteiger partial charge in [0.1, 0.15) is 5.82 Å². The molecule has 0 aliphatic heterocycles. The van der Waals surface area contributed by atoms with Gasteiger partial charge in [0.05, 0.1) is 0 Å². The lowest BCUT2D eigenvalue weighted by molar-refractivity contribution is 0.397. The first-order chi connectivity index (χ1) is 9.70. The predicted molar refractivity (Wildman–Crippen MR) is 87.2 cm³/mol. The van der Waals surface area contributed by atoms with Crippen LogP contribution >= 0.6 is 15.9 Å². The lowest BCUT2D eigenvalue weighted by Crippen LogP contribution is -2.22. The summed E-state index contributed by atoms with van der Waals surface area (Å²) in [5.74, 6) is 0.486. The second kappa shape index (κ2) is 7.94. The van der Waals surface area contributed by atoms with Gasteiger partial charge in [-0.05, 0) is 43.0 Å². The van der Waals surface area contributed by atoms with Crippen LogP contribution in [0.4, 0.5) is 4.39 Å². The largest absolute Gasteiger partial charge is 0.313 e. The molecule has 0 unspecified atom stereocenters. The van der Waals surface area contributed by atoms with Crippen molar-refractivity contribution in [3.05, 3.63) is 39.6 Å². The smallest absolute Gasteiger partial charge is 0.124 e. The first kappa shape index (κ1) is 15.7. The number of hydrogen-bond acceptors (Lipinski definition) is 1. The Balaban J connectivity index is 2.21. The van der Waals surface area contributed by atoms with Crippen LogP contribution in [-0.2, 0) is 0 Å². The Labute approximate surface area is 129 Å². The monoisotopic (exact) mass is 339 g/mol. The van der Waals surface area contributed by atoms with E-state index in [1.807, 2.05) is 6.07 Å². The van der Waals surface area contributed by atoms with Crippen LogP contribution in [-0.4, -0.2) is 13.1 Å². The molecule has 1 fully saturated rings. The standard InChI is InChI=1S/C17H23BrFN/c1-2-20-12-15(13-6-4-3-5-7-13)10-14-8-9-16(19)11-17(14)18/h8-11,13,20H,2-7,12H2,1H3/b15-10-. The van der Waals surface area contributed by atoms with Crippen LogP contribution in [0, 0.1) is 11.7 Å². The molecule has 1 aromatic carbocycles. The fourth-order valence-corrected chi connectivity index (χ4v) is 3.34. The van der Waals surface area contributed by atoms with Gasteiger partial charge >= 0.3 is 0 Å². The van der Waals surface area contributed by atoms with E-state index in [2.05, 4.69) is 34.2 Å². The van der Waals surface area contributed by atoms with E-state index in [1.165, 1.54) is 49.8 Å². The fourth-order valence-electron chi connectivity index (χ4n) is 2.87. The highest BCUT2D eigenvalue weighted by molar-refractivity contribution is 9.10. The number of likely N-dealkylation sites (N-methyl/N-ethyl adjacent to an activating group) is 1.